The minimum absolute atomic E-state index is 0.0107. The lowest BCUT2D eigenvalue weighted by Crippen LogP contribution is -2.05. The van der Waals surface area contributed by atoms with Crippen molar-refractivity contribution in [2.45, 2.75) is 13.5 Å². The SMILES string of the molecule is Cc1nc(NCc2ncn(C)n2)ccc1[N+](=O)[O-]. The third kappa shape index (κ3) is 2.59. The average molecular weight is 248 g/mol. The van der Waals surface area contributed by atoms with E-state index in [1.807, 2.05) is 0 Å². The van der Waals surface area contributed by atoms with Gasteiger partial charge in [-0.25, -0.2) is 9.97 Å². The van der Waals surface area contributed by atoms with Gasteiger partial charge in [0.2, 0.25) is 0 Å². The molecule has 0 atom stereocenters. The molecule has 94 valence electrons. The number of nitrogens with one attached hydrogen (secondary N) is 1. The normalized spacial score (nSPS) is 10.3. The first-order chi connectivity index (χ1) is 8.56. The van der Waals surface area contributed by atoms with E-state index in [1.165, 1.54) is 6.07 Å². The molecule has 0 amide bonds. The largest absolute Gasteiger partial charge is 0.363 e. The van der Waals surface area contributed by atoms with Gasteiger partial charge in [0.05, 0.1) is 11.5 Å². The lowest BCUT2D eigenvalue weighted by molar-refractivity contribution is -0.385. The molecule has 8 nitrogen and oxygen atoms in total. The Labute approximate surface area is 103 Å². The fourth-order valence-corrected chi connectivity index (χ4v) is 1.48. The maximum atomic E-state index is 10.6. The number of hydrogen-bond acceptors (Lipinski definition) is 6. The van der Waals surface area contributed by atoms with Gasteiger partial charge in [0, 0.05) is 13.1 Å². The number of aromatic nitrogens is 4. The van der Waals surface area contributed by atoms with Crippen LogP contribution < -0.4 is 5.32 Å². The van der Waals surface area contributed by atoms with Crippen molar-refractivity contribution in [1.82, 2.24) is 19.7 Å². The molecule has 18 heavy (non-hydrogen) atoms. The van der Waals surface area contributed by atoms with Crippen molar-refractivity contribution in [2.75, 3.05) is 5.32 Å². The molecular weight excluding hydrogens is 236 g/mol. The summed E-state index contributed by atoms with van der Waals surface area (Å²) in [6.45, 7) is 2.02. The fourth-order valence-electron chi connectivity index (χ4n) is 1.48. The van der Waals surface area contributed by atoms with Crippen LogP contribution in [0.3, 0.4) is 0 Å². The second-order valence-corrected chi connectivity index (χ2v) is 3.75. The summed E-state index contributed by atoms with van der Waals surface area (Å²) < 4.78 is 1.60. The summed E-state index contributed by atoms with van der Waals surface area (Å²) in [4.78, 5) is 18.3. The molecule has 0 aromatic carbocycles. The molecule has 2 aromatic heterocycles. The number of nitrogens with zero attached hydrogens (tertiary/aromatic N) is 5. The van der Waals surface area contributed by atoms with E-state index < -0.39 is 4.92 Å². The van der Waals surface area contributed by atoms with Crippen molar-refractivity contribution in [2.24, 2.45) is 7.05 Å². The zero-order valence-corrected chi connectivity index (χ0v) is 9.99. The number of nitro groups is 1. The smallest absolute Gasteiger partial charge is 0.290 e. The molecule has 0 fully saturated rings. The minimum Gasteiger partial charge on any atom is -0.363 e. The van der Waals surface area contributed by atoms with Gasteiger partial charge in [-0.3, -0.25) is 14.8 Å². The van der Waals surface area contributed by atoms with E-state index in [9.17, 15) is 10.1 Å². The van der Waals surface area contributed by atoms with E-state index in [0.29, 0.717) is 23.9 Å². The summed E-state index contributed by atoms with van der Waals surface area (Å²) >= 11 is 0. The highest BCUT2D eigenvalue weighted by molar-refractivity contribution is 5.44. The molecular formula is C10H12N6O2. The van der Waals surface area contributed by atoms with Gasteiger partial charge in [0.1, 0.15) is 17.8 Å². The summed E-state index contributed by atoms with van der Waals surface area (Å²) in [6, 6.07) is 2.99. The standard InChI is InChI=1S/C10H12N6O2/c1-7-8(16(17)18)3-4-9(13-7)11-5-10-12-6-15(2)14-10/h3-4,6H,5H2,1-2H3,(H,11,13). The molecule has 8 heteroatoms. The van der Waals surface area contributed by atoms with Crippen LogP contribution in [0.1, 0.15) is 11.5 Å². The molecule has 0 aliphatic heterocycles. The Morgan fingerprint density at radius 1 is 1.50 bits per heavy atom. The highest BCUT2D eigenvalue weighted by atomic mass is 16.6. The Morgan fingerprint density at radius 2 is 2.28 bits per heavy atom. The van der Waals surface area contributed by atoms with Crippen molar-refractivity contribution >= 4 is 11.5 Å². The lowest BCUT2D eigenvalue weighted by Gasteiger charge is -2.04. The van der Waals surface area contributed by atoms with Crippen LogP contribution in [0.15, 0.2) is 18.5 Å². The van der Waals surface area contributed by atoms with Crippen molar-refractivity contribution in [3.8, 4) is 0 Å². The van der Waals surface area contributed by atoms with Crippen LogP contribution in [0.4, 0.5) is 11.5 Å². The van der Waals surface area contributed by atoms with Gasteiger partial charge in [-0.15, -0.1) is 0 Å². The van der Waals surface area contributed by atoms with Gasteiger partial charge in [-0.2, -0.15) is 5.10 Å². The van der Waals surface area contributed by atoms with Crippen LogP contribution in [0.5, 0.6) is 0 Å². The molecule has 0 saturated carbocycles. The second-order valence-electron chi connectivity index (χ2n) is 3.75. The Kier molecular flexibility index (Phi) is 3.18. The number of hydrogen-bond donors (Lipinski definition) is 1. The zero-order valence-electron chi connectivity index (χ0n) is 9.99. The lowest BCUT2D eigenvalue weighted by atomic mass is 10.3. The van der Waals surface area contributed by atoms with Gasteiger partial charge in [-0.05, 0) is 13.0 Å². The summed E-state index contributed by atoms with van der Waals surface area (Å²) in [5.41, 5.74) is 0.385. The van der Waals surface area contributed by atoms with Gasteiger partial charge < -0.3 is 5.32 Å². The van der Waals surface area contributed by atoms with Crippen LogP contribution in [-0.2, 0) is 13.6 Å². The highest BCUT2D eigenvalue weighted by Gasteiger charge is 2.11. The highest BCUT2D eigenvalue weighted by Crippen LogP contribution is 2.17. The van der Waals surface area contributed by atoms with E-state index in [4.69, 9.17) is 0 Å². The molecule has 0 saturated heterocycles. The molecule has 1 N–H and O–H groups in total. The molecule has 0 radical (unpaired) electrons. The predicted molar refractivity (Wildman–Crippen MR) is 64.0 cm³/mol. The monoisotopic (exact) mass is 248 g/mol. The fraction of sp³-hybridized carbons (Fsp3) is 0.300. The third-order valence-electron chi connectivity index (χ3n) is 2.33. The van der Waals surface area contributed by atoms with E-state index >= 15 is 0 Å². The molecule has 0 bridgehead atoms. The van der Waals surface area contributed by atoms with Gasteiger partial charge in [0.15, 0.2) is 5.82 Å². The van der Waals surface area contributed by atoms with Gasteiger partial charge in [-0.1, -0.05) is 0 Å². The van der Waals surface area contributed by atoms with Crippen molar-refractivity contribution < 1.29 is 4.92 Å². The van der Waals surface area contributed by atoms with E-state index in [0.717, 1.165) is 0 Å². The topological polar surface area (TPSA) is 98.8 Å². The second kappa shape index (κ2) is 4.78. The maximum Gasteiger partial charge on any atom is 0.290 e. The minimum atomic E-state index is -0.452. The summed E-state index contributed by atoms with van der Waals surface area (Å²) in [6.07, 6.45) is 1.60. The molecule has 0 aliphatic rings. The first kappa shape index (κ1) is 12.0. The Morgan fingerprint density at radius 3 is 2.83 bits per heavy atom. The van der Waals surface area contributed by atoms with Gasteiger partial charge >= 0.3 is 0 Å². The van der Waals surface area contributed by atoms with Crippen LogP contribution in [-0.4, -0.2) is 24.7 Å². The molecule has 2 rings (SSSR count). The van der Waals surface area contributed by atoms with Crippen LogP contribution in [0.2, 0.25) is 0 Å². The number of anilines is 1. The molecule has 0 spiro atoms. The first-order valence-corrected chi connectivity index (χ1v) is 5.26. The Bertz CT molecular complexity index is 579. The average Bonchev–Trinajstić information content (AvgIpc) is 2.72. The van der Waals surface area contributed by atoms with Crippen LogP contribution >= 0.6 is 0 Å². The number of aryl methyl sites for hydroxylation is 2. The predicted octanol–water partition coefficient (Wildman–Crippen LogP) is 1.04. The first-order valence-electron chi connectivity index (χ1n) is 5.26. The quantitative estimate of drug-likeness (QED) is 0.641. The van der Waals surface area contributed by atoms with E-state index in [-0.39, 0.29) is 5.69 Å². The zero-order chi connectivity index (χ0) is 13.1. The van der Waals surface area contributed by atoms with Crippen molar-refractivity contribution in [1.29, 1.82) is 0 Å². The van der Waals surface area contributed by atoms with Crippen molar-refractivity contribution in [3.63, 3.8) is 0 Å². The summed E-state index contributed by atoms with van der Waals surface area (Å²) in [7, 11) is 1.78. The summed E-state index contributed by atoms with van der Waals surface area (Å²) in [5, 5.41) is 17.7. The summed E-state index contributed by atoms with van der Waals surface area (Å²) in [5.74, 6) is 1.20. The van der Waals surface area contributed by atoms with Gasteiger partial charge in [0.25, 0.3) is 5.69 Å². The maximum absolute atomic E-state index is 10.6. The Hall–Kier alpha value is -2.51. The molecule has 2 aromatic rings. The van der Waals surface area contributed by atoms with Crippen LogP contribution in [0, 0.1) is 17.0 Å². The van der Waals surface area contributed by atoms with Crippen molar-refractivity contribution in [3.05, 3.63) is 40.1 Å². The van der Waals surface area contributed by atoms with Crippen LogP contribution in [0.25, 0.3) is 0 Å². The Balaban J connectivity index is 2.06. The van der Waals surface area contributed by atoms with E-state index in [1.54, 1.807) is 31.0 Å². The molecule has 2 heterocycles. The molecule has 0 aliphatic carbocycles. The van der Waals surface area contributed by atoms with E-state index in [2.05, 4.69) is 20.4 Å². The number of pyridine rings is 1. The molecule has 0 unspecified atom stereocenters. The third-order valence-corrected chi connectivity index (χ3v) is 2.33. The number of rotatable bonds is 4.